The third-order valence-electron chi connectivity index (χ3n) is 2.42. The first-order chi connectivity index (χ1) is 9.45. The maximum atomic E-state index is 12.5. The van der Waals surface area contributed by atoms with Crippen LogP contribution in [0, 0.1) is 0 Å². The summed E-state index contributed by atoms with van der Waals surface area (Å²) < 4.78 is 37.5. The number of hydrogen-bond acceptors (Lipinski definition) is 4. The summed E-state index contributed by atoms with van der Waals surface area (Å²) in [4.78, 5) is 10.4. The molecule has 0 aliphatic heterocycles. The molecule has 1 N–H and O–H groups in total. The lowest BCUT2D eigenvalue weighted by atomic mass is 10.2. The van der Waals surface area contributed by atoms with Crippen molar-refractivity contribution in [3.8, 4) is 0 Å². The minimum absolute atomic E-state index is 0.0476. The van der Waals surface area contributed by atoms with E-state index in [0.29, 0.717) is 13.0 Å². The fraction of sp³-hybridized carbons (Fsp3) is 0.250. The van der Waals surface area contributed by atoms with Crippen LogP contribution in [0.15, 0.2) is 30.6 Å². The fourth-order valence-corrected chi connectivity index (χ4v) is 1.70. The van der Waals surface area contributed by atoms with Crippen molar-refractivity contribution in [2.75, 3.05) is 11.9 Å². The second-order valence-electron chi connectivity index (χ2n) is 3.93. The van der Waals surface area contributed by atoms with Crippen molar-refractivity contribution in [3.05, 3.63) is 47.1 Å². The van der Waals surface area contributed by atoms with E-state index in [1.807, 2.05) is 12.1 Å². The summed E-state index contributed by atoms with van der Waals surface area (Å²) in [6, 6.07) is 4.91. The third-order valence-corrected chi connectivity index (χ3v) is 2.61. The van der Waals surface area contributed by atoms with Crippen molar-refractivity contribution >= 4 is 17.4 Å². The van der Waals surface area contributed by atoms with Crippen LogP contribution in [0.5, 0.6) is 0 Å². The van der Waals surface area contributed by atoms with Gasteiger partial charge in [-0.25, -0.2) is 9.97 Å². The van der Waals surface area contributed by atoms with Gasteiger partial charge in [-0.3, -0.25) is 4.98 Å². The van der Waals surface area contributed by atoms with Gasteiger partial charge in [-0.2, -0.15) is 13.2 Å². The van der Waals surface area contributed by atoms with Crippen molar-refractivity contribution < 1.29 is 13.2 Å². The summed E-state index contributed by atoms with van der Waals surface area (Å²) >= 11 is 5.55. The molecule has 2 rings (SSSR count). The molecule has 0 spiro atoms. The van der Waals surface area contributed by atoms with Gasteiger partial charge >= 0.3 is 6.18 Å². The maximum absolute atomic E-state index is 12.5. The van der Waals surface area contributed by atoms with Crippen LogP contribution >= 0.6 is 11.6 Å². The number of alkyl halides is 3. The second kappa shape index (κ2) is 6.04. The van der Waals surface area contributed by atoms with Crippen LogP contribution in [-0.2, 0) is 12.6 Å². The summed E-state index contributed by atoms with van der Waals surface area (Å²) in [5, 5.41) is 2.54. The molecule has 2 heterocycles. The Balaban J connectivity index is 2.01. The number of rotatable bonds is 4. The molecule has 0 aromatic carbocycles. The largest absolute Gasteiger partial charge is 0.451 e. The standard InChI is InChI=1S/C12H10ClF3N4/c13-9-7-10(20-11(19-9)12(14,15)16)18-6-3-8-1-4-17-5-2-8/h1-2,4-5,7H,3,6H2,(H,18,19,20). The highest BCUT2D eigenvalue weighted by Gasteiger charge is 2.35. The Hall–Kier alpha value is -1.89. The van der Waals surface area contributed by atoms with E-state index in [4.69, 9.17) is 11.6 Å². The minimum atomic E-state index is -4.62. The predicted molar refractivity (Wildman–Crippen MR) is 68.5 cm³/mol. The van der Waals surface area contributed by atoms with E-state index >= 15 is 0 Å². The number of anilines is 1. The van der Waals surface area contributed by atoms with Gasteiger partial charge in [0.1, 0.15) is 11.0 Å². The highest BCUT2D eigenvalue weighted by molar-refractivity contribution is 6.29. The number of hydrogen-bond donors (Lipinski definition) is 1. The third kappa shape index (κ3) is 4.06. The Morgan fingerprint density at radius 3 is 2.50 bits per heavy atom. The molecule has 20 heavy (non-hydrogen) atoms. The summed E-state index contributed by atoms with van der Waals surface area (Å²) in [6.45, 7) is 0.425. The maximum Gasteiger partial charge on any atom is 0.451 e. The Morgan fingerprint density at radius 1 is 1.15 bits per heavy atom. The van der Waals surface area contributed by atoms with Gasteiger partial charge in [-0.15, -0.1) is 0 Å². The quantitative estimate of drug-likeness (QED) is 0.881. The highest BCUT2D eigenvalue weighted by Crippen LogP contribution is 2.28. The van der Waals surface area contributed by atoms with Gasteiger partial charge in [0.2, 0.25) is 5.82 Å². The summed E-state index contributed by atoms with van der Waals surface area (Å²) in [7, 11) is 0. The molecule has 0 fully saturated rings. The molecule has 106 valence electrons. The zero-order valence-electron chi connectivity index (χ0n) is 10.2. The van der Waals surface area contributed by atoms with Crippen LogP contribution in [0.3, 0.4) is 0 Å². The summed E-state index contributed by atoms with van der Waals surface area (Å²) in [6.07, 6.45) is -0.685. The van der Waals surface area contributed by atoms with E-state index in [1.165, 1.54) is 6.07 Å². The molecular formula is C12H10ClF3N4. The molecule has 0 amide bonds. The van der Waals surface area contributed by atoms with Gasteiger partial charge in [0.05, 0.1) is 0 Å². The average molecular weight is 303 g/mol. The van der Waals surface area contributed by atoms with Crippen molar-refractivity contribution in [1.29, 1.82) is 0 Å². The molecule has 0 atom stereocenters. The summed E-state index contributed by atoms with van der Waals surface area (Å²) in [5.41, 5.74) is 1.02. The van der Waals surface area contributed by atoms with Gasteiger partial charge in [0, 0.05) is 25.0 Å². The zero-order valence-corrected chi connectivity index (χ0v) is 10.9. The Kier molecular flexibility index (Phi) is 4.39. The lowest BCUT2D eigenvalue weighted by Crippen LogP contribution is -2.14. The monoisotopic (exact) mass is 302 g/mol. The molecule has 0 unspecified atom stereocenters. The first-order valence-electron chi connectivity index (χ1n) is 5.70. The van der Waals surface area contributed by atoms with Gasteiger partial charge in [0.15, 0.2) is 0 Å². The molecule has 0 saturated heterocycles. The summed E-state index contributed by atoms with van der Waals surface area (Å²) in [5.74, 6) is -1.21. The topological polar surface area (TPSA) is 50.7 Å². The number of nitrogens with one attached hydrogen (secondary N) is 1. The van der Waals surface area contributed by atoms with Crippen molar-refractivity contribution in [1.82, 2.24) is 15.0 Å². The van der Waals surface area contributed by atoms with Gasteiger partial charge in [-0.05, 0) is 24.1 Å². The van der Waals surface area contributed by atoms with Crippen LogP contribution in [0.4, 0.5) is 19.0 Å². The lowest BCUT2D eigenvalue weighted by molar-refractivity contribution is -0.144. The van der Waals surface area contributed by atoms with Gasteiger partial charge in [-0.1, -0.05) is 11.6 Å². The van der Waals surface area contributed by atoms with Crippen LogP contribution in [-0.4, -0.2) is 21.5 Å². The molecule has 0 radical (unpaired) electrons. The molecule has 4 nitrogen and oxygen atoms in total. The molecule has 8 heteroatoms. The lowest BCUT2D eigenvalue weighted by Gasteiger charge is -2.09. The van der Waals surface area contributed by atoms with Gasteiger partial charge < -0.3 is 5.32 Å². The normalized spacial score (nSPS) is 11.4. The first-order valence-corrected chi connectivity index (χ1v) is 6.07. The van der Waals surface area contributed by atoms with Crippen LogP contribution in [0.1, 0.15) is 11.4 Å². The number of nitrogens with zero attached hydrogens (tertiary/aromatic N) is 3. The van der Waals surface area contributed by atoms with E-state index in [-0.39, 0.29) is 11.0 Å². The van der Waals surface area contributed by atoms with Crippen LogP contribution in [0.2, 0.25) is 5.15 Å². The minimum Gasteiger partial charge on any atom is -0.370 e. The van der Waals surface area contributed by atoms with Gasteiger partial charge in [0.25, 0.3) is 0 Å². The molecule has 2 aromatic heterocycles. The smallest absolute Gasteiger partial charge is 0.370 e. The highest BCUT2D eigenvalue weighted by atomic mass is 35.5. The van der Waals surface area contributed by atoms with Crippen molar-refractivity contribution in [2.45, 2.75) is 12.6 Å². The molecule has 0 aliphatic rings. The molecule has 0 aliphatic carbocycles. The first kappa shape index (κ1) is 14.5. The Morgan fingerprint density at radius 2 is 1.85 bits per heavy atom. The van der Waals surface area contributed by atoms with E-state index < -0.39 is 12.0 Å². The average Bonchev–Trinajstić information content (AvgIpc) is 2.38. The number of aromatic nitrogens is 3. The Labute approximate surface area is 118 Å². The van der Waals surface area contributed by atoms with Crippen LogP contribution in [0.25, 0.3) is 0 Å². The number of halogens is 4. The molecular weight excluding hydrogens is 293 g/mol. The van der Waals surface area contributed by atoms with Crippen molar-refractivity contribution in [2.24, 2.45) is 0 Å². The second-order valence-corrected chi connectivity index (χ2v) is 4.32. The van der Waals surface area contributed by atoms with E-state index in [9.17, 15) is 13.2 Å². The van der Waals surface area contributed by atoms with E-state index in [1.54, 1.807) is 12.4 Å². The molecule has 2 aromatic rings. The van der Waals surface area contributed by atoms with Crippen molar-refractivity contribution in [3.63, 3.8) is 0 Å². The molecule has 0 saturated carbocycles. The van der Waals surface area contributed by atoms with E-state index in [2.05, 4.69) is 20.3 Å². The molecule has 0 bridgehead atoms. The number of pyridine rings is 1. The zero-order chi connectivity index (χ0) is 14.6. The fourth-order valence-electron chi connectivity index (χ4n) is 1.52. The Bertz CT molecular complexity index is 575. The van der Waals surface area contributed by atoms with E-state index in [0.717, 1.165) is 5.56 Å². The SMILES string of the molecule is FC(F)(F)c1nc(Cl)cc(NCCc2ccncc2)n1. The predicted octanol–water partition coefficient (Wildman–Crippen LogP) is 3.20. The van der Waals surface area contributed by atoms with Crippen LogP contribution < -0.4 is 5.32 Å².